The number of benzene rings is 1. The second-order valence-electron chi connectivity index (χ2n) is 4.91. The molecule has 1 heterocycles. The molecule has 2 rings (SSSR count). The van der Waals surface area contributed by atoms with Crippen molar-refractivity contribution in [2.24, 2.45) is 0 Å². The van der Waals surface area contributed by atoms with Gasteiger partial charge in [0.05, 0.1) is 11.8 Å². The molecule has 2 N–H and O–H groups in total. The molecule has 0 aliphatic rings. The van der Waals surface area contributed by atoms with E-state index in [9.17, 15) is 9.59 Å². The first-order valence-corrected chi connectivity index (χ1v) is 7.54. The number of hydrogen-bond acceptors (Lipinski definition) is 3. The van der Waals surface area contributed by atoms with E-state index >= 15 is 0 Å². The monoisotopic (exact) mass is 303 g/mol. The number of thiophene rings is 1. The second-order valence-corrected chi connectivity index (χ2v) is 5.89. The predicted octanol–water partition coefficient (Wildman–Crippen LogP) is 3.68. The molecule has 1 aromatic heterocycles. The van der Waals surface area contributed by atoms with Crippen LogP contribution in [0.3, 0.4) is 0 Å². The Morgan fingerprint density at radius 2 is 1.90 bits per heavy atom. The molecule has 0 radical (unpaired) electrons. The predicted molar refractivity (Wildman–Crippen MR) is 83.9 cm³/mol. The summed E-state index contributed by atoms with van der Waals surface area (Å²) in [7, 11) is 0. The van der Waals surface area contributed by atoms with Gasteiger partial charge in [0.2, 0.25) is 5.91 Å². The zero-order chi connectivity index (χ0) is 15.4. The smallest absolute Gasteiger partial charge is 0.310 e. The lowest BCUT2D eigenvalue weighted by molar-refractivity contribution is -0.138. The summed E-state index contributed by atoms with van der Waals surface area (Å²) in [5, 5.41) is 13.8. The van der Waals surface area contributed by atoms with E-state index in [0.29, 0.717) is 11.3 Å². The number of carboxylic acid groups (broad SMARTS) is 1. The molecule has 2 atom stereocenters. The summed E-state index contributed by atoms with van der Waals surface area (Å²) in [6, 6.07) is 10.8. The molecule has 0 aliphatic carbocycles. The minimum absolute atomic E-state index is 0.0995. The van der Waals surface area contributed by atoms with E-state index in [1.807, 2.05) is 24.4 Å². The summed E-state index contributed by atoms with van der Waals surface area (Å²) in [5.41, 5.74) is 1.29. The van der Waals surface area contributed by atoms with Gasteiger partial charge in [-0.15, -0.1) is 11.3 Å². The molecule has 4 nitrogen and oxygen atoms in total. The number of aliphatic carboxylic acids is 1. The van der Waals surface area contributed by atoms with Crippen molar-refractivity contribution in [2.45, 2.75) is 25.7 Å². The van der Waals surface area contributed by atoms with Gasteiger partial charge in [-0.05, 0) is 43.0 Å². The minimum atomic E-state index is -0.884. The summed E-state index contributed by atoms with van der Waals surface area (Å²) in [6.07, 6.45) is 0. The number of rotatable bonds is 5. The van der Waals surface area contributed by atoms with Gasteiger partial charge in [0.15, 0.2) is 0 Å². The Bertz CT molecular complexity index is 637. The summed E-state index contributed by atoms with van der Waals surface area (Å²) in [5.74, 6) is -1.81. The van der Waals surface area contributed by atoms with Crippen LogP contribution >= 0.6 is 11.3 Å². The minimum Gasteiger partial charge on any atom is -0.481 e. The lowest BCUT2D eigenvalue weighted by atomic mass is 10.0. The van der Waals surface area contributed by atoms with Gasteiger partial charge < -0.3 is 10.4 Å². The zero-order valence-corrected chi connectivity index (χ0v) is 12.7. The third kappa shape index (κ3) is 3.70. The average molecular weight is 303 g/mol. The quantitative estimate of drug-likeness (QED) is 0.885. The van der Waals surface area contributed by atoms with E-state index in [-0.39, 0.29) is 11.8 Å². The van der Waals surface area contributed by atoms with Crippen LogP contribution in [-0.4, -0.2) is 17.0 Å². The Balaban J connectivity index is 2.11. The largest absolute Gasteiger partial charge is 0.481 e. The maximum atomic E-state index is 12.2. The van der Waals surface area contributed by atoms with Gasteiger partial charge >= 0.3 is 5.97 Å². The molecule has 110 valence electrons. The molecule has 2 aromatic rings. The van der Waals surface area contributed by atoms with Gasteiger partial charge in [0.1, 0.15) is 0 Å². The SMILES string of the molecule is CC(C(=O)O)c1cccc(NC(=O)C(C)c2cccs2)c1. The van der Waals surface area contributed by atoms with Crippen molar-refractivity contribution < 1.29 is 14.7 Å². The number of carbonyl (C=O) groups excluding carboxylic acids is 1. The number of nitrogens with one attached hydrogen (secondary N) is 1. The second kappa shape index (κ2) is 6.54. The highest BCUT2D eigenvalue weighted by Crippen LogP contribution is 2.24. The number of hydrogen-bond donors (Lipinski definition) is 2. The third-order valence-electron chi connectivity index (χ3n) is 3.39. The van der Waals surface area contributed by atoms with E-state index < -0.39 is 11.9 Å². The van der Waals surface area contributed by atoms with E-state index in [2.05, 4.69) is 5.32 Å². The van der Waals surface area contributed by atoms with Crippen molar-refractivity contribution in [3.8, 4) is 0 Å². The van der Waals surface area contributed by atoms with Crippen molar-refractivity contribution in [2.75, 3.05) is 5.32 Å². The summed E-state index contributed by atoms with van der Waals surface area (Å²) in [6.45, 7) is 3.47. The van der Waals surface area contributed by atoms with Crippen LogP contribution in [0, 0.1) is 0 Å². The molecule has 0 aliphatic heterocycles. The average Bonchev–Trinajstić information content (AvgIpc) is 2.99. The normalized spacial score (nSPS) is 13.4. The van der Waals surface area contributed by atoms with Crippen LogP contribution in [0.5, 0.6) is 0 Å². The molecule has 21 heavy (non-hydrogen) atoms. The van der Waals surface area contributed by atoms with E-state index in [1.165, 1.54) is 0 Å². The number of carboxylic acids is 1. The summed E-state index contributed by atoms with van der Waals surface area (Å²) < 4.78 is 0. The molecular weight excluding hydrogens is 286 g/mol. The number of anilines is 1. The Morgan fingerprint density at radius 1 is 1.14 bits per heavy atom. The number of amides is 1. The first-order valence-electron chi connectivity index (χ1n) is 6.66. The Kier molecular flexibility index (Phi) is 4.75. The Hall–Kier alpha value is -2.14. The molecule has 5 heteroatoms. The van der Waals surface area contributed by atoms with E-state index in [0.717, 1.165) is 4.88 Å². The van der Waals surface area contributed by atoms with Crippen molar-refractivity contribution in [3.63, 3.8) is 0 Å². The molecule has 0 spiro atoms. The molecule has 0 bridgehead atoms. The fraction of sp³-hybridized carbons (Fsp3) is 0.250. The standard InChI is InChI=1S/C16H17NO3S/c1-10(16(19)20)12-5-3-6-13(9-12)17-15(18)11(2)14-7-4-8-21-14/h3-11H,1-2H3,(H,17,18)(H,19,20). The van der Waals surface area contributed by atoms with Crippen LogP contribution in [0.2, 0.25) is 0 Å². The van der Waals surface area contributed by atoms with Crippen LogP contribution in [-0.2, 0) is 9.59 Å². The van der Waals surface area contributed by atoms with Gasteiger partial charge in [-0.2, -0.15) is 0 Å². The first kappa shape index (κ1) is 15.3. The summed E-state index contributed by atoms with van der Waals surface area (Å²) >= 11 is 1.54. The van der Waals surface area contributed by atoms with Gasteiger partial charge in [-0.25, -0.2) is 0 Å². The van der Waals surface area contributed by atoms with E-state index in [4.69, 9.17) is 5.11 Å². The van der Waals surface area contributed by atoms with Crippen LogP contribution in [0.1, 0.15) is 36.1 Å². The molecule has 2 unspecified atom stereocenters. The molecule has 0 saturated heterocycles. The van der Waals surface area contributed by atoms with Crippen molar-refractivity contribution in [3.05, 3.63) is 52.2 Å². The highest BCUT2D eigenvalue weighted by atomic mass is 32.1. The highest BCUT2D eigenvalue weighted by molar-refractivity contribution is 7.10. The molecule has 1 amide bonds. The van der Waals surface area contributed by atoms with Gasteiger partial charge in [0.25, 0.3) is 0 Å². The summed E-state index contributed by atoms with van der Waals surface area (Å²) in [4.78, 5) is 24.2. The maximum Gasteiger partial charge on any atom is 0.310 e. The lowest BCUT2D eigenvalue weighted by Gasteiger charge is -2.13. The third-order valence-corrected chi connectivity index (χ3v) is 4.44. The fourth-order valence-electron chi connectivity index (χ4n) is 1.95. The molecule has 1 aromatic carbocycles. The van der Waals surface area contributed by atoms with Crippen LogP contribution in [0.4, 0.5) is 5.69 Å². The highest BCUT2D eigenvalue weighted by Gasteiger charge is 2.17. The topological polar surface area (TPSA) is 66.4 Å². The van der Waals surface area contributed by atoms with Crippen LogP contribution in [0.25, 0.3) is 0 Å². The maximum absolute atomic E-state index is 12.2. The lowest BCUT2D eigenvalue weighted by Crippen LogP contribution is -2.18. The first-order chi connectivity index (χ1) is 9.99. The Labute approximate surface area is 127 Å². The number of carbonyl (C=O) groups is 2. The fourth-order valence-corrected chi connectivity index (χ4v) is 2.73. The van der Waals surface area contributed by atoms with Crippen LogP contribution < -0.4 is 5.32 Å². The molecule has 0 fully saturated rings. The van der Waals surface area contributed by atoms with Crippen LogP contribution in [0.15, 0.2) is 41.8 Å². The van der Waals surface area contributed by atoms with E-state index in [1.54, 1.807) is 42.5 Å². The Morgan fingerprint density at radius 3 is 2.52 bits per heavy atom. The zero-order valence-electron chi connectivity index (χ0n) is 11.9. The molecular formula is C16H17NO3S. The van der Waals surface area contributed by atoms with Crippen molar-refractivity contribution in [1.82, 2.24) is 0 Å². The molecule has 0 saturated carbocycles. The van der Waals surface area contributed by atoms with Crippen molar-refractivity contribution >= 4 is 28.9 Å². The van der Waals surface area contributed by atoms with Crippen molar-refractivity contribution in [1.29, 1.82) is 0 Å². The van der Waals surface area contributed by atoms with Gasteiger partial charge in [-0.3, -0.25) is 9.59 Å². The van der Waals surface area contributed by atoms with Gasteiger partial charge in [-0.1, -0.05) is 18.2 Å². The van der Waals surface area contributed by atoms with Gasteiger partial charge in [0, 0.05) is 10.6 Å².